The summed E-state index contributed by atoms with van der Waals surface area (Å²) in [6, 6.07) is 12.9. The number of ether oxygens (including phenoxy) is 1. The number of fused-ring (bicyclic) bond motifs is 1. The van der Waals surface area contributed by atoms with Crippen LogP contribution in [0.2, 0.25) is 5.02 Å². The van der Waals surface area contributed by atoms with Crippen LogP contribution in [0.4, 0.5) is 13.2 Å². The molecule has 144 valence electrons. The first kappa shape index (κ1) is 18.8. The standard InChI is InChI=1S/C19H13ClF3N3OS/c1-11-24-15-9-13(6-7-17(15)28-11)27-10-12-8-18(19(21,22)23)25-26(12)16-5-3-2-4-14(16)20/h2-9H,10H2,1H3. The van der Waals surface area contributed by atoms with Crippen LogP contribution >= 0.6 is 22.9 Å². The quantitative estimate of drug-likeness (QED) is 0.401. The summed E-state index contributed by atoms with van der Waals surface area (Å²) in [6.45, 7) is 1.80. The third kappa shape index (κ3) is 3.70. The van der Waals surface area contributed by atoms with Gasteiger partial charge in [-0.05, 0) is 37.3 Å². The van der Waals surface area contributed by atoms with Gasteiger partial charge in [-0.25, -0.2) is 9.67 Å². The second-order valence-electron chi connectivity index (χ2n) is 6.03. The molecule has 4 nitrogen and oxygen atoms in total. The van der Waals surface area contributed by atoms with Crippen molar-refractivity contribution < 1.29 is 17.9 Å². The van der Waals surface area contributed by atoms with Crippen LogP contribution in [0.25, 0.3) is 15.9 Å². The molecule has 0 saturated carbocycles. The Morgan fingerprint density at radius 2 is 1.93 bits per heavy atom. The maximum atomic E-state index is 13.2. The van der Waals surface area contributed by atoms with Gasteiger partial charge in [-0.15, -0.1) is 11.3 Å². The fraction of sp³-hybridized carbons (Fsp3) is 0.158. The minimum absolute atomic E-state index is 0.108. The Labute approximate surface area is 167 Å². The number of aryl methyl sites for hydroxylation is 1. The first-order chi connectivity index (χ1) is 13.3. The molecular weight excluding hydrogens is 411 g/mol. The summed E-state index contributed by atoms with van der Waals surface area (Å²) in [5.74, 6) is 0.512. The summed E-state index contributed by atoms with van der Waals surface area (Å²) >= 11 is 7.71. The average Bonchev–Trinajstić information content (AvgIpc) is 3.22. The van der Waals surface area contributed by atoms with Gasteiger partial charge in [0, 0.05) is 6.07 Å². The monoisotopic (exact) mass is 423 g/mol. The van der Waals surface area contributed by atoms with Gasteiger partial charge in [-0.1, -0.05) is 23.7 Å². The molecule has 0 aliphatic carbocycles. The van der Waals surface area contributed by atoms with Crippen molar-refractivity contribution in [2.45, 2.75) is 19.7 Å². The maximum absolute atomic E-state index is 13.2. The average molecular weight is 424 g/mol. The minimum Gasteiger partial charge on any atom is -0.487 e. The smallest absolute Gasteiger partial charge is 0.435 e. The molecule has 0 aliphatic heterocycles. The summed E-state index contributed by atoms with van der Waals surface area (Å²) in [4.78, 5) is 4.40. The number of aromatic nitrogens is 3. The van der Waals surface area contributed by atoms with Crippen molar-refractivity contribution in [3.05, 3.63) is 69.9 Å². The number of rotatable bonds is 4. The van der Waals surface area contributed by atoms with E-state index < -0.39 is 11.9 Å². The molecule has 0 aliphatic rings. The molecule has 4 aromatic rings. The van der Waals surface area contributed by atoms with Gasteiger partial charge in [-0.3, -0.25) is 0 Å². The molecule has 0 amide bonds. The van der Waals surface area contributed by atoms with Crippen LogP contribution in [-0.4, -0.2) is 14.8 Å². The van der Waals surface area contributed by atoms with Gasteiger partial charge in [0.2, 0.25) is 0 Å². The third-order valence-corrected chi connectivity index (χ3v) is 5.28. The number of benzene rings is 2. The van der Waals surface area contributed by atoms with Gasteiger partial charge in [0.1, 0.15) is 12.4 Å². The van der Waals surface area contributed by atoms with Crippen molar-refractivity contribution in [2.24, 2.45) is 0 Å². The number of para-hydroxylation sites is 1. The van der Waals surface area contributed by atoms with Gasteiger partial charge >= 0.3 is 6.18 Å². The van der Waals surface area contributed by atoms with Crippen LogP contribution in [0.5, 0.6) is 5.75 Å². The summed E-state index contributed by atoms with van der Waals surface area (Å²) in [7, 11) is 0. The molecule has 0 saturated heterocycles. The zero-order valence-electron chi connectivity index (χ0n) is 14.5. The normalized spacial score (nSPS) is 11.9. The van der Waals surface area contributed by atoms with Crippen molar-refractivity contribution in [2.75, 3.05) is 0 Å². The van der Waals surface area contributed by atoms with Crippen molar-refractivity contribution in [1.82, 2.24) is 14.8 Å². The number of hydrogen-bond donors (Lipinski definition) is 0. The molecule has 0 radical (unpaired) electrons. The fourth-order valence-electron chi connectivity index (χ4n) is 2.76. The van der Waals surface area contributed by atoms with Gasteiger partial charge < -0.3 is 4.74 Å². The van der Waals surface area contributed by atoms with E-state index in [9.17, 15) is 13.2 Å². The van der Waals surface area contributed by atoms with E-state index in [4.69, 9.17) is 16.3 Å². The van der Waals surface area contributed by atoms with Crippen molar-refractivity contribution >= 4 is 33.2 Å². The molecule has 28 heavy (non-hydrogen) atoms. The molecule has 4 rings (SSSR count). The van der Waals surface area contributed by atoms with Gasteiger partial charge in [0.25, 0.3) is 0 Å². The molecule has 0 unspecified atom stereocenters. The Balaban J connectivity index is 1.67. The van der Waals surface area contributed by atoms with Gasteiger partial charge in [-0.2, -0.15) is 18.3 Å². The zero-order chi connectivity index (χ0) is 19.9. The number of alkyl halides is 3. The Hall–Kier alpha value is -2.58. The lowest BCUT2D eigenvalue weighted by molar-refractivity contribution is -0.141. The largest absolute Gasteiger partial charge is 0.487 e. The predicted molar refractivity (Wildman–Crippen MR) is 102 cm³/mol. The second kappa shape index (κ2) is 7.10. The van der Waals surface area contributed by atoms with E-state index in [0.717, 1.165) is 26.0 Å². The highest BCUT2D eigenvalue weighted by Gasteiger charge is 2.35. The summed E-state index contributed by atoms with van der Waals surface area (Å²) in [5.41, 5.74) is 0.367. The Bertz CT molecular complexity index is 1150. The molecule has 2 heterocycles. The van der Waals surface area contributed by atoms with Crippen LogP contribution in [0.15, 0.2) is 48.5 Å². The van der Waals surface area contributed by atoms with Crippen LogP contribution in [0, 0.1) is 6.92 Å². The van der Waals surface area contributed by atoms with Crippen molar-refractivity contribution in [3.63, 3.8) is 0 Å². The predicted octanol–water partition coefficient (Wildman–Crippen LogP) is 6.04. The number of nitrogens with zero attached hydrogens (tertiary/aromatic N) is 3. The van der Waals surface area contributed by atoms with Crippen LogP contribution in [-0.2, 0) is 12.8 Å². The lowest BCUT2D eigenvalue weighted by Crippen LogP contribution is -2.08. The lowest BCUT2D eigenvalue weighted by Gasteiger charge is -2.10. The summed E-state index contributed by atoms with van der Waals surface area (Å²) < 4.78 is 47.5. The highest BCUT2D eigenvalue weighted by molar-refractivity contribution is 7.18. The zero-order valence-corrected chi connectivity index (χ0v) is 16.1. The molecule has 9 heteroatoms. The van der Waals surface area contributed by atoms with E-state index in [1.54, 1.807) is 47.7 Å². The minimum atomic E-state index is -4.57. The van der Waals surface area contributed by atoms with E-state index in [-0.39, 0.29) is 12.3 Å². The Morgan fingerprint density at radius 1 is 1.14 bits per heavy atom. The SMILES string of the molecule is Cc1nc2cc(OCc3cc(C(F)(F)F)nn3-c3ccccc3Cl)ccc2s1. The fourth-order valence-corrected chi connectivity index (χ4v) is 3.79. The first-order valence-corrected chi connectivity index (χ1v) is 9.42. The Morgan fingerprint density at radius 3 is 2.68 bits per heavy atom. The molecule has 2 aromatic heterocycles. The highest BCUT2D eigenvalue weighted by atomic mass is 35.5. The molecule has 0 N–H and O–H groups in total. The highest BCUT2D eigenvalue weighted by Crippen LogP contribution is 2.32. The van der Waals surface area contributed by atoms with Crippen LogP contribution < -0.4 is 4.74 Å². The van der Waals surface area contributed by atoms with Crippen molar-refractivity contribution in [1.29, 1.82) is 0 Å². The second-order valence-corrected chi connectivity index (χ2v) is 7.67. The van der Waals surface area contributed by atoms with Gasteiger partial charge in [0.05, 0.1) is 31.6 Å². The van der Waals surface area contributed by atoms with E-state index >= 15 is 0 Å². The van der Waals surface area contributed by atoms with E-state index in [0.29, 0.717) is 16.5 Å². The molecule has 0 bridgehead atoms. The summed E-state index contributed by atoms with van der Waals surface area (Å²) in [6.07, 6.45) is -4.57. The molecule has 0 atom stereocenters. The molecule has 0 spiro atoms. The molecule has 2 aromatic carbocycles. The lowest BCUT2D eigenvalue weighted by atomic mass is 10.3. The van der Waals surface area contributed by atoms with Crippen LogP contribution in [0.1, 0.15) is 16.4 Å². The van der Waals surface area contributed by atoms with Crippen LogP contribution in [0.3, 0.4) is 0 Å². The van der Waals surface area contributed by atoms with E-state index in [2.05, 4.69) is 10.1 Å². The number of hydrogen-bond acceptors (Lipinski definition) is 4. The van der Waals surface area contributed by atoms with Gasteiger partial charge in [0.15, 0.2) is 5.69 Å². The third-order valence-electron chi connectivity index (χ3n) is 4.01. The van der Waals surface area contributed by atoms with Crippen molar-refractivity contribution in [3.8, 4) is 11.4 Å². The maximum Gasteiger partial charge on any atom is 0.435 e. The Kier molecular flexibility index (Phi) is 4.76. The first-order valence-electron chi connectivity index (χ1n) is 8.22. The molecule has 0 fully saturated rings. The topological polar surface area (TPSA) is 39.9 Å². The number of thiazole rings is 1. The molecular formula is C19H13ClF3N3OS. The summed E-state index contributed by atoms with van der Waals surface area (Å²) in [5, 5.41) is 4.92. The number of halogens is 4. The van der Waals surface area contributed by atoms with E-state index in [1.165, 1.54) is 0 Å². The van der Waals surface area contributed by atoms with E-state index in [1.807, 2.05) is 13.0 Å².